The van der Waals surface area contributed by atoms with Gasteiger partial charge in [0.05, 0.1) is 0 Å². The number of nitrogens with zero attached hydrogens (tertiary/aromatic N) is 1. The van der Waals surface area contributed by atoms with Gasteiger partial charge >= 0.3 is 0 Å². The van der Waals surface area contributed by atoms with Gasteiger partial charge in [-0.25, -0.2) is 0 Å². The molecule has 0 fully saturated rings. The van der Waals surface area contributed by atoms with Crippen LogP contribution in [0.3, 0.4) is 0 Å². The number of benzene rings is 3. The molecule has 1 aromatic heterocycles. The smallest absolute Gasteiger partial charge is 0.226 e. The Morgan fingerprint density at radius 2 is 1.50 bits per heavy atom. The lowest BCUT2D eigenvalue weighted by atomic mass is 10.1. The number of hydrogen-bond acceptors (Lipinski definition) is 2. The predicted molar refractivity (Wildman–Crippen MR) is 121 cm³/mol. The monoisotopic (exact) mass is 397 g/mol. The van der Waals surface area contributed by atoms with Gasteiger partial charge in [0.2, 0.25) is 11.8 Å². The van der Waals surface area contributed by atoms with Crippen LogP contribution in [0.5, 0.6) is 0 Å². The second-order valence-corrected chi connectivity index (χ2v) is 7.17. The molecule has 4 rings (SSSR count). The van der Waals surface area contributed by atoms with Gasteiger partial charge in [-0.1, -0.05) is 54.6 Å². The fraction of sp³-hybridized carbons (Fsp3) is 0.120. The first-order chi connectivity index (χ1) is 14.6. The summed E-state index contributed by atoms with van der Waals surface area (Å²) >= 11 is 0. The number of nitrogens with one attached hydrogen (secondary N) is 2. The highest BCUT2D eigenvalue weighted by atomic mass is 16.2. The molecule has 2 amide bonds. The third-order valence-electron chi connectivity index (χ3n) is 4.91. The Kier molecular flexibility index (Phi) is 5.61. The van der Waals surface area contributed by atoms with Gasteiger partial charge in [0.25, 0.3) is 0 Å². The first kappa shape index (κ1) is 19.5. The van der Waals surface area contributed by atoms with Crippen LogP contribution in [0.2, 0.25) is 0 Å². The molecule has 0 saturated heterocycles. The molecule has 0 bridgehead atoms. The van der Waals surface area contributed by atoms with Crippen molar-refractivity contribution < 1.29 is 9.59 Å². The number of amides is 2. The van der Waals surface area contributed by atoms with Crippen molar-refractivity contribution >= 4 is 34.1 Å². The van der Waals surface area contributed by atoms with Crippen LogP contribution >= 0.6 is 0 Å². The van der Waals surface area contributed by atoms with E-state index in [2.05, 4.69) is 45.5 Å². The molecule has 30 heavy (non-hydrogen) atoms. The number of para-hydroxylation sites is 1. The Balaban J connectivity index is 1.52. The van der Waals surface area contributed by atoms with Crippen LogP contribution in [0, 0.1) is 0 Å². The number of carbonyl (C=O) groups excluding carboxylic acids is 2. The number of hydrogen-bond donors (Lipinski definition) is 2. The van der Waals surface area contributed by atoms with E-state index in [0.717, 1.165) is 22.2 Å². The van der Waals surface area contributed by atoms with Crippen molar-refractivity contribution in [2.75, 3.05) is 10.6 Å². The summed E-state index contributed by atoms with van der Waals surface area (Å²) in [4.78, 5) is 23.8. The van der Waals surface area contributed by atoms with Crippen LogP contribution in [0.1, 0.15) is 13.3 Å². The summed E-state index contributed by atoms with van der Waals surface area (Å²) in [6, 6.07) is 27.7. The maximum Gasteiger partial charge on any atom is 0.226 e. The standard InChI is InChI=1S/C25H23N3O2/c1-18(29)26-21-11-7-12-22(17-21)27-25(30)14-15-28-23-13-6-5-10-20(23)16-24(28)19-8-3-2-4-9-19/h2-13,16-17H,14-15H2,1H3,(H,26,29)(H,27,30). The molecule has 0 aliphatic rings. The van der Waals surface area contributed by atoms with Gasteiger partial charge in [-0.3, -0.25) is 9.59 Å². The van der Waals surface area contributed by atoms with Crippen LogP contribution in [0.15, 0.2) is 84.9 Å². The van der Waals surface area contributed by atoms with E-state index in [1.165, 1.54) is 6.92 Å². The van der Waals surface area contributed by atoms with Crippen molar-refractivity contribution in [1.82, 2.24) is 4.57 Å². The highest BCUT2D eigenvalue weighted by Gasteiger charge is 2.12. The van der Waals surface area contributed by atoms with Gasteiger partial charge in [0, 0.05) is 47.9 Å². The molecule has 0 aliphatic heterocycles. The Morgan fingerprint density at radius 3 is 2.27 bits per heavy atom. The predicted octanol–water partition coefficient (Wildman–Crippen LogP) is 5.30. The first-order valence-electron chi connectivity index (χ1n) is 9.91. The third-order valence-corrected chi connectivity index (χ3v) is 4.91. The second kappa shape index (κ2) is 8.66. The molecular weight excluding hydrogens is 374 g/mol. The van der Waals surface area contributed by atoms with Crippen molar-refractivity contribution in [3.63, 3.8) is 0 Å². The minimum Gasteiger partial charge on any atom is -0.340 e. The molecule has 4 aromatic rings. The zero-order chi connectivity index (χ0) is 20.9. The number of aryl methyl sites for hydroxylation is 1. The molecule has 5 heteroatoms. The Hall–Kier alpha value is -3.86. The second-order valence-electron chi connectivity index (χ2n) is 7.17. The molecular formula is C25H23N3O2. The SMILES string of the molecule is CC(=O)Nc1cccc(NC(=O)CCn2c(-c3ccccc3)cc3ccccc32)c1. The van der Waals surface area contributed by atoms with E-state index in [1.807, 2.05) is 36.4 Å². The molecule has 0 radical (unpaired) electrons. The zero-order valence-corrected chi connectivity index (χ0v) is 16.8. The van der Waals surface area contributed by atoms with Crippen LogP contribution < -0.4 is 10.6 Å². The van der Waals surface area contributed by atoms with E-state index < -0.39 is 0 Å². The van der Waals surface area contributed by atoms with Crippen molar-refractivity contribution in [2.24, 2.45) is 0 Å². The molecule has 0 unspecified atom stereocenters. The van der Waals surface area contributed by atoms with Crippen LogP contribution in [-0.4, -0.2) is 16.4 Å². The summed E-state index contributed by atoms with van der Waals surface area (Å²) in [5.41, 5.74) is 4.64. The first-order valence-corrected chi connectivity index (χ1v) is 9.91. The number of fused-ring (bicyclic) bond motifs is 1. The van der Waals surface area contributed by atoms with Crippen molar-refractivity contribution in [3.8, 4) is 11.3 Å². The number of anilines is 2. The summed E-state index contributed by atoms with van der Waals surface area (Å²) in [5, 5.41) is 6.80. The van der Waals surface area contributed by atoms with Gasteiger partial charge in [0.1, 0.15) is 0 Å². The van der Waals surface area contributed by atoms with Crippen LogP contribution in [0.4, 0.5) is 11.4 Å². The molecule has 5 nitrogen and oxygen atoms in total. The third kappa shape index (κ3) is 4.41. The lowest BCUT2D eigenvalue weighted by molar-refractivity contribution is -0.116. The molecule has 150 valence electrons. The average molecular weight is 397 g/mol. The van der Waals surface area contributed by atoms with Crippen molar-refractivity contribution in [1.29, 1.82) is 0 Å². The number of aromatic nitrogens is 1. The molecule has 1 heterocycles. The van der Waals surface area contributed by atoms with Crippen LogP contribution in [0.25, 0.3) is 22.2 Å². The molecule has 0 saturated carbocycles. The molecule has 0 atom stereocenters. The summed E-state index contributed by atoms with van der Waals surface area (Å²) in [6.45, 7) is 2.02. The van der Waals surface area contributed by atoms with Gasteiger partial charge < -0.3 is 15.2 Å². The van der Waals surface area contributed by atoms with Gasteiger partial charge in [-0.15, -0.1) is 0 Å². The van der Waals surface area contributed by atoms with Crippen LogP contribution in [-0.2, 0) is 16.1 Å². The van der Waals surface area contributed by atoms with E-state index in [9.17, 15) is 9.59 Å². The highest BCUT2D eigenvalue weighted by Crippen LogP contribution is 2.28. The molecule has 2 N–H and O–H groups in total. The Bertz CT molecular complexity index is 1200. The highest BCUT2D eigenvalue weighted by molar-refractivity contribution is 5.93. The molecule has 0 aliphatic carbocycles. The normalized spacial score (nSPS) is 10.7. The number of carbonyl (C=O) groups is 2. The Morgan fingerprint density at radius 1 is 0.800 bits per heavy atom. The van der Waals surface area contributed by atoms with E-state index in [4.69, 9.17) is 0 Å². The lowest BCUT2D eigenvalue weighted by Crippen LogP contribution is -2.15. The maximum absolute atomic E-state index is 12.6. The van der Waals surface area contributed by atoms with Gasteiger partial charge in [0.15, 0.2) is 0 Å². The fourth-order valence-corrected chi connectivity index (χ4v) is 3.61. The minimum atomic E-state index is -0.147. The number of rotatable bonds is 6. The van der Waals surface area contributed by atoms with Crippen molar-refractivity contribution in [2.45, 2.75) is 19.9 Å². The minimum absolute atomic E-state index is 0.0771. The zero-order valence-electron chi connectivity index (χ0n) is 16.8. The summed E-state index contributed by atoms with van der Waals surface area (Å²) in [5.74, 6) is -0.224. The summed E-state index contributed by atoms with van der Waals surface area (Å²) in [7, 11) is 0. The molecule has 0 spiro atoms. The fourth-order valence-electron chi connectivity index (χ4n) is 3.61. The Labute approximate surface area is 175 Å². The van der Waals surface area contributed by atoms with E-state index in [-0.39, 0.29) is 11.8 Å². The maximum atomic E-state index is 12.6. The van der Waals surface area contributed by atoms with E-state index in [1.54, 1.807) is 18.2 Å². The average Bonchev–Trinajstić information content (AvgIpc) is 3.11. The summed E-state index contributed by atoms with van der Waals surface area (Å²) in [6.07, 6.45) is 0.336. The summed E-state index contributed by atoms with van der Waals surface area (Å²) < 4.78 is 2.19. The van der Waals surface area contributed by atoms with E-state index >= 15 is 0 Å². The van der Waals surface area contributed by atoms with Crippen molar-refractivity contribution in [3.05, 3.63) is 84.9 Å². The van der Waals surface area contributed by atoms with Gasteiger partial charge in [-0.05, 0) is 35.9 Å². The van der Waals surface area contributed by atoms with Gasteiger partial charge in [-0.2, -0.15) is 0 Å². The molecule has 3 aromatic carbocycles. The lowest BCUT2D eigenvalue weighted by Gasteiger charge is -2.12. The topological polar surface area (TPSA) is 63.1 Å². The quantitative estimate of drug-likeness (QED) is 0.464. The van der Waals surface area contributed by atoms with E-state index in [0.29, 0.717) is 24.3 Å². The largest absolute Gasteiger partial charge is 0.340 e.